The summed E-state index contributed by atoms with van der Waals surface area (Å²) in [4.78, 5) is 25.6. The molecule has 3 saturated carbocycles. The molecule has 0 aromatic carbocycles. The van der Waals surface area contributed by atoms with Crippen LogP contribution in [0.4, 0.5) is 0 Å². The van der Waals surface area contributed by atoms with Crippen molar-refractivity contribution in [2.75, 3.05) is 0 Å². The number of fused-ring (bicyclic) bond motifs is 5. The molecule has 0 radical (unpaired) electrons. The van der Waals surface area contributed by atoms with Crippen molar-refractivity contribution >= 4 is 7.82 Å². The third-order valence-electron chi connectivity index (χ3n) is 10.3. The van der Waals surface area contributed by atoms with Gasteiger partial charge in [0.25, 0.3) is 0 Å². The minimum Gasteiger partial charge on any atom is -0.822 e. The predicted molar refractivity (Wildman–Crippen MR) is 127 cm³/mol. The summed E-state index contributed by atoms with van der Waals surface area (Å²) in [6.07, 6.45) is 17.2. The van der Waals surface area contributed by atoms with E-state index in [2.05, 4.69) is 40.7 Å². The minimum atomic E-state index is -5.39. The number of aliphatic hydroxyl groups excluding tert-OH is 1. The first-order valence-corrected chi connectivity index (χ1v) is 14.8. The van der Waals surface area contributed by atoms with Gasteiger partial charge in [-0.3, -0.25) is 0 Å². The fourth-order valence-corrected chi connectivity index (χ4v) is 8.67. The fraction of sp³-hybridized carbons (Fsp3) is 0.926. The van der Waals surface area contributed by atoms with E-state index in [4.69, 9.17) is 19.2 Å². The maximum absolute atomic E-state index is 10.2. The number of hydrogen-bond donors (Lipinski definition) is 1. The van der Waals surface area contributed by atoms with Gasteiger partial charge in [0, 0.05) is 0 Å². The van der Waals surface area contributed by atoms with Gasteiger partial charge in [0.1, 0.15) is 0 Å². The van der Waals surface area contributed by atoms with Gasteiger partial charge < -0.3 is 24.4 Å². The molecule has 0 aliphatic heterocycles. The Balaban J connectivity index is 0.00000140. The maximum Gasteiger partial charge on any atom is 1.00 e. The van der Waals surface area contributed by atoms with Crippen LogP contribution in [0, 0.1) is 46.3 Å². The molecule has 0 aromatic heterocycles. The number of allylic oxidation sites excluding steroid dienone is 1. The predicted octanol–water partition coefficient (Wildman–Crippen LogP) is -4.42. The average Bonchev–Trinajstić information content (AvgIpc) is 3.04. The van der Waals surface area contributed by atoms with Gasteiger partial charge in [-0.2, -0.15) is 7.82 Å². The summed E-state index contributed by atoms with van der Waals surface area (Å²) in [5, 5.41) is 10.2. The van der Waals surface area contributed by atoms with Crippen LogP contribution in [0.25, 0.3) is 0 Å². The molecule has 0 amide bonds. The summed E-state index contributed by atoms with van der Waals surface area (Å²) < 4.78 is 8.55. The van der Waals surface area contributed by atoms with Gasteiger partial charge in [0.2, 0.25) is 0 Å². The Morgan fingerprint density at radius 3 is 2.17 bits per heavy atom. The molecule has 4 aliphatic rings. The smallest absolute Gasteiger partial charge is 0.822 e. The van der Waals surface area contributed by atoms with Crippen LogP contribution in [0.1, 0.15) is 105 Å². The molecule has 0 bridgehead atoms. The summed E-state index contributed by atoms with van der Waals surface area (Å²) in [7, 11) is -5.39. The molecule has 0 unspecified atom stereocenters. The van der Waals surface area contributed by atoms with Gasteiger partial charge >= 0.3 is 88.7 Å². The van der Waals surface area contributed by atoms with E-state index in [1.54, 1.807) is 5.57 Å². The quantitative estimate of drug-likeness (QED) is 0.211. The Bertz CT molecular complexity index is 751. The monoisotopic (exact) mass is 550 g/mol. The molecule has 0 aromatic rings. The van der Waals surface area contributed by atoms with Crippen LogP contribution in [0.2, 0.25) is 0 Å². The topological polar surface area (TPSA) is 106 Å². The zero-order valence-electron chi connectivity index (χ0n) is 24.4. The molecule has 5 nitrogen and oxygen atoms in total. The minimum absolute atomic E-state index is 0. The van der Waals surface area contributed by atoms with E-state index in [9.17, 15) is 5.11 Å². The van der Waals surface area contributed by atoms with Crippen molar-refractivity contribution in [1.29, 1.82) is 0 Å². The summed E-state index contributed by atoms with van der Waals surface area (Å²) in [6.45, 7) is 12.6. The average molecular weight is 551 g/mol. The molecule has 0 heterocycles. The van der Waals surface area contributed by atoms with Crippen LogP contribution < -0.4 is 103 Å². The Hall–Kier alpha value is 2.81. The van der Waals surface area contributed by atoms with Crippen molar-refractivity contribution < 1.29 is 113 Å². The molecule has 4 rings (SSSR count). The zero-order valence-corrected chi connectivity index (χ0v) is 31.3. The van der Waals surface area contributed by atoms with Gasteiger partial charge in [-0.05, 0) is 97.7 Å². The van der Waals surface area contributed by atoms with Crippen molar-refractivity contribution in [3.63, 3.8) is 0 Å². The van der Waals surface area contributed by atoms with E-state index in [0.717, 1.165) is 48.3 Å². The first-order valence-electron chi connectivity index (χ1n) is 13.4. The number of rotatable bonds is 5. The second-order valence-electron chi connectivity index (χ2n) is 12.6. The normalized spacial score (nSPS) is 37.8. The van der Waals surface area contributed by atoms with E-state index in [1.807, 2.05) is 0 Å². The van der Waals surface area contributed by atoms with Gasteiger partial charge in [-0.1, -0.05) is 65.5 Å². The Morgan fingerprint density at radius 2 is 1.58 bits per heavy atom. The molecular weight excluding hydrogens is 504 g/mol. The van der Waals surface area contributed by atoms with E-state index < -0.39 is 7.82 Å². The summed E-state index contributed by atoms with van der Waals surface area (Å²) in [5.41, 5.74) is 2.60. The van der Waals surface area contributed by atoms with Crippen LogP contribution >= 0.6 is 7.82 Å². The molecular formula is C27H46Na3O5P. The van der Waals surface area contributed by atoms with Crippen molar-refractivity contribution in [3.8, 4) is 0 Å². The first kappa shape index (κ1) is 38.8. The third-order valence-corrected chi connectivity index (χ3v) is 10.3. The molecule has 36 heavy (non-hydrogen) atoms. The van der Waals surface area contributed by atoms with E-state index in [-0.39, 0.29) is 94.8 Å². The van der Waals surface area contributed by atoms with E-state index in [1.165, 1.54) is 57.8 Å². The van der Waals surface area contributed by atoms with Crippen LogP contribution in [0.15, 0.2) is 11.6 Å². The van der Waals surface area contributed by atoms with Gasteiger partial charge in [-0.15, -0.1) is 0 Å². The van der Waals surface area contributed by atoms with Crippen molar-refractivity contribution in [2.24, 2.45) is 46.3 Å². The fourth-order valence-electron chi connectivity index (χ4n) is 8.67. The number of hydrogen-bond acceptors (Lipinski definition) is 5. The number of aliphatic hydroxyl groups is 1. The molecule has 0 saturated heterocycles. The Kier molecular flexibility index (Phi) is 17.1. The first-order chi connectivity index (χ1) is 15.3. The second-order valence-corrected chi connectivity index (χ2v) is 13.5. The van der Waals surface area contributed by atoms with Crippen LogP contribution in [0.5, 0.6) is 0 Å². The van der Waals surface area contributed by atoms with Gasteiger partial charge in [0.05, 0.1) is 6.10 Å². The summed E-state index contributed by atoms with van der Waals surface area (Å²) in [6, 6.07) is 0. The van der Waals surface area contributed by atoms with Gasteiger partial charge in [-0.25, -0.2) is 0 Å². The van der Waals surface area contributed by atoms with Crippen LogP contribution in [-0.2, 0) is 4.57 Å². The molecule has 1 N–H and O–H groups in total. The zero-order chi connectivity index (χ0) is 24.6. The number of phosphoric acid groups is 1. The summed E-state index contributed by atoms with van der Waals surface area (Å²) in [5.74, 6) is 5.46. The molecule has 9 heteroatoms. The van der Waals surface area contributed by atoms with Crippen molar-refractivity contribution in [3.05, 3.63) is 11.6 Å². The second kappa shape index (κ2) is 15.9. The van der Waals surface area contributed by atoms with Crippen LogP contribution in [0.3, 0.4) is 0 Å². The van der Waals surface area contributed by atoms with Crippen molar-refractivity contribution in [2.45, 2.75) is 111 Å². The van der Waals surface area contributed by atoms with Crippen molar-refractivity contribution in [1.82, 2.24) is 0 Å². The SMILES string of the molecule is CC(C)CCC[C@@H](C)[C@H]1CC[C@H]2[C@@H]3CC=C4C[C@@H](O)CC[C@]4(C)[C@H]3CC[C@]12C.O=P([O-])([O-])[O-].[Na+].[Na+].[Na+]. The third kappa shape index (κ3) is 9.41. The summed E-state index contributed by atoms with van der Waals surface area (Å²) >= 11 is 0. The van der Waals surface area contributed by atoms with E-state index in [0.29, 0.717) is 10.8 Å². The standard InChI is InChI=1S/C27H46O.3Na.H3O4P/c1-18(2)7-6-8-19(3)23-11-12-24-22-10-9-20-17-21(28)13-15-26(20,4)25(22)14-16-27(23,24)5;;;;1-5(2,3)4/h9,18-19,21-25,28H,6-8,10-17H2,1-5H3;;;;(H3,1,2,3,4)/q;3*+1;/p-3/t19-,21+,22+,23-,24+,25+,26+,27-;;;;/m1..../s1. The molecule has 4 aliphatic carbocycles. The Morgan fingerprint density at radius 1 is 0.972 bits per heavy atom. The molecule has 192 valence electrons. The maximum atomic E-state index is 10.2. The molecule has 8 atom stereocenters. The van der Waals surface area contributed by atoms with Crippen LogP contribution in [-0.4, -0.2) is 11.2 Å². The Labute approximate surface area is 286 Å². The molecule has 3 fully saturated rings. The largest absolute Gasteiger partial charge is 1.00 e. The van der Waals surface area contributed by atoms with E-state index >= 15 is 0 Å². The molecule has 0 spiro atoms. The van der Waals surface area contributed by atoms with Gasteiger partial charge in [0.15, 0.2) is 0 Å².